The fourth-order valence-corrected chi connectivity index (χ4v) is 7.59. The van der Waals surface area contributed by atoms with E-state index in [0.29, 0.717) is 40.4 Å². The minimum atomic E-state index is -4.99. The molecule has 1 aromatic heterocycles. The van der Waals surface area contributed by atoms with Crippen molar-refractivity contribution in [3.63, 3.8) is 0 Å². The van der Waals surface area contributed by atoms with E-state index in [-0.39, 0.29) is 54.8 Å². The molecule has 0 radical (unpaired) electrons. The summed E-state index contributed by atoms with van der Waals surface area (Å²) in [6.45, 7) is 4.47. The zero-order chi connectivity index (χ0) is 40.2. The van der Waals surface area contributed by atoms with Crippen LogP contribution in [0.3, 0.4) is 0 Å². The maximum absolute atomic E-state index is 16.1. The summed E-state index contributed by atoms with van der Waals surface area (Å²) < 4.78 is 101. The molecule has 3 aliphatic rings. The highest BCUT2D eigenvalue weighted by atomic mass is 19.4. The number of aryl methyl sites for hydroxylation is 2. The van der Waals surface area contributed by atoms with Crippen molar-refractivity contribution >= 4 is 17.6 Å². The fourth-order valence-electron chi connectivity index (χ4n) is 7.59. The van der Waals surface area contributed by atoms with Gasteiger partial charge in [0.05, 0.1) is 24.1 Å². The van der Waals surface area contributed by atoms with Crippen LogP contribution in [0.15, 0.2) is 59.5 Å². The number of benzene rings is 3. The van der Waals surface area contributed by atoms with Crippen molar-refractivity contribution in [2.75, 3.05) is 44.7 Å². The number of carboxylic acid groups (broad SMARTS) is 1. The molecule has 4 aromatic rings. The molecule has 16 heteroatoms. The molecule has 0 saturated carbocycles. The highest BCUT2D eigenvalue weighted by Gasteiger charge is 2.38. The van der Waals surface area contributed by atoms with Crippen LogP contribution in [0.5, 0.6) is 11.5 Å². The molecule has 4 bridgehead atoms. The first-order chi connectivity index (χ1) is 26.5. The summed E-state index contributed by atoms with van der Waals surface area (Å²) in [6.07, 6.45) is -6.45. The number of rotatable bonds is 8. The molecule has 2 saturated heterocycles. The van der Waals surface area contributed by atoms with Gasteiger partial charge in [-0.3, -0.25) is 23.9 Å². The van der Waals surface area contributed by atoms with E-state index >= 15 is 8.78 Å². The summed E-state index contributed by atoms with van der Waals surface area (Å²) in [6, 6.07) is 6.67. The Hall–Kier alpha value is -5.35. The van der Waals surface area contributed by atoms with Gasteiger partial charge in [-0.25, -0.2) is 13.2 Å². The summed E-state index contributed by atoms with van der Waals surface area (Å²) >= 11 is 0. The van der Waals surface area contributed by atoms with Gasteiger partial charge in [-0.15, -0.1) is 0 Å². The Labute approximate surface area is 317 Å². The average molecular weight is 785 g/mol. The summed E-state index contributed by atoms with van der Waals surface area (Å²) in [5.41, 5.74) is -1.29. The van der Waals surface area contributed by atoms with Gasteiger partial charge in [0.1, 0.15) is 35.3 Å². The lowest BCUT2D eigenvalue weighted by Crippen LogP contribution is -2.51. The van der Waals surface area contributed by atoms with E-state index in [2.05, 4.69) is 5.32 Å². The Kier molecular flexibility index (Phi) is 10.4. The number of pyridine rings is 1. The molecule has 0 spiro atoms. The highest BCUT2D eigenvalue weighted by Crippen LogP contribution is 2.43. The Balaban J connectivity index is 1.44. The minimum Gasteiger partial charge on any atom is -0.481 e. The van der Waals surface area contributed by atoms with Crippen LogP contribution in [0.2, 0.25) is 0 Å². The van der Waals surface area contributed by atoms with E-state index in [1.54, 1.807) is 24.1 Å². The number of hydrogen-bond acceptors (Lipinski definition) is 7. The molecule has 3 aliphatic heterocycles. The van der Waals surface area contributed by atoms with Crippen LogP contribution >= 0.6 is 0 Å². The molecule has 2 N–H and O–H groups in total. The number of carbonyl (C=O) groups is 2. The molecule has 0 aliphatic carbocycles. The van der Waals surface area contributed by atoms with Crippen LogP contribution in [-0.2, 0) is 26.9 Å². The Morgan fingerprint density at radius 1 is 0.982 bits per heavy atom. The number of ether oxygens (including phenoxy) is 2. The predicted molar refractivity (Wildman–Crippen MR) is 193 cm³/mol. The van der Waals surface area contributed by atoms with Gasteiger partial charge in [0, 0.05) is 80.5 Å². The minimum absolute atomic E-state index is 0.00314. The molecule has 2 fully saturated rings. The van der Waals surface area contributed by atoms with E-state index in [4.69, 9.17) is 9.47 Å². The first-order valence-electron chi connectivity index (χ1n) is 17.9. The lowest BCUT2D eigenvalue weighted by molar-refractivity contribution is -0.139. The van der Waals surface area contributed by atoms with Crippen LogP contribution in [-0.4, -0.2) is 78.6 Å². The van der Waals surface area contributed by atoms with E-state index in [0.717, 1.165) is 24.0 Å². The number of likely N-dealkylation sites (tertiary alicyclic amines) is 1. The number of aromatic nitrogens is 1. The molecule has 3 aromatic carbocycles. The summed E-state index contributed by atoms with van der Waals surface area (Å²) in [5, 5.41) is 12.4. The standard InChI is InChI=1S/C40H38F6N4O6/c1-20-9-25(49-18-27(19-49)55-3)11-33-36(20)23-8-21(2)37(43)29(10-23)32(14-35(52)53)47-39(54)38(28-12-26(56-33)4-5-31(28)42)50-15-22(6-7-48-16-24(41)17-48)30(13-34(50)51)40(44,45)46/h4-5,8-13,15,24,27,32,38H,6-7,14,16-19H2,1-3H3,(H,47,54)(H,52,53)/t32-,38-/m0/s1. The zero-order valence-corrected chi connectivity index (χ0v) is 30.6. The van der Waals surface area contributed by atoms with E-state index in [9.17, 15) is 37.1 Å². The van der Waals surface area contributed by atoms with Gasteiger partial charge in [0.2, 0.25) is 5.91 Å². The van der Waals surface area contributed by atoms with Gasteiger partial charge in [0.15, 0.2) is 0 Å². The van der Waals surface area contributed by atoms with Crippen molar-refractivity contribution in [2.45, 2.75) is 57.2 Å². The Morgan fingerprint density at radius 2 is 1.71 bits per heavy atom. The van der Waals surface area contributed by atoms with E-state index in [1.807, 2.05) is 17.9 Å². The maximum atomic E-state index is 16.1. The Morgan fingerprint density at radius 3 is 2.38 bits per heavy atom. The number of aliphatic carboxylic acids is 1. The molecular weight excluding hydrogens is 746 g/mol. The van der Waals surface area contributed by atoms with Crippen LogP contribution in [0.4, 0.5) is 32.0 Å². The van der Waals surface area contributed by atoms with Crippen LogP contribution in [0.1, 0.15) is 51.9 Å². The van der Waals surface area contributed by atoms with E-state index < -0.39 is 76.6 Å². The topological polar surface area (TPSA) is 113 Å². The number of halogens is 6. The summed E-state index contributed by atoms with van der Waals surface area (Å²) in [7, 11) is 1.61. The number of fused-ring (bicyclic) bond motifs is 6. The molecule has 7 rings (SSSR count). The fraction of sp³-hybridized carbons (Fsp3) is 0.375. The molecule has 4 heterocycles. The monoisotopic (exact) mass is 784 g/mol. The van der Waals surface area contributed by atoms with Gasteiger partial charge in [0.25, 0.3) is 5.56 Å². The number of anilines is 1. The van der Waals surface area contributed by atoms with Crippen LogP contribution in [0, 0.1) is 25.5 Å². The largest absolute Gasteiger partial charge is 0.481 e. The number of nitrogens with one attached hydrogen (secondary N) is 1. The van der Waals surface area contributed by atoms with Crippen LogP contribution < -0.4 is 20.5 Å². The number of hydrogen-bond donors (Lipinski definition) is 2. The zero-order valence-electron chi connectivity index (χ0n) is 30.6. The molecule has 296 valence electrons. The second kappa shape index (κ2) is 15.0. The van der Waals surface area contributed by atoms with Gasteiger partial charge in [-0.05, 0) is 78.9 Å². The van der Waals surface area contributed by atoms with Gasteiger partial charge in [-0.1, -0.05) is 0 Å². The number of methoxy groups -OCH3 is 1. The SMILES string of the molecule is COC1CN(c2cc(C)c3c(c2)Oc2ccc(F)c(c2)[C@H](n2cc(CCN4CC(F)C4)c(C(F)(F)F)cc2=O)C(=O)N[C@@H](CC(=O)O)c2cc-3cc(C)c2F)C1. The molecule has 1 amide bonds. The molecule has 0 unspecified atom stereocenters. The van der Waals surface area contributed by atoms with Crippen LogP contribution in [0.25, 0.3) is 11.1 Å². The third-order valence-corrected chi connectivity index (χ3v) is 10.6. The second-order valence-corrected chi connectivity index (χ2v) is 14.5. The van der Waals surface area contributed by atoms with Gasteiger partial charge in [-0.2, -0.15) is 13.2 Å². The normalized spacial score (nSPS) is 19.1. The lowest BCUT2D eigenvalue weighted by atomic mass is 9.91. The summed E-state index contributed by atoms with van der Waals surface area (Å²) in [4.78, 5) is 44.0. The maximum Gasteiger partial charge on any atom is 0.416 e. The smallest absolute Gasteiger partial charge is 0.416 e. The number of carbonyl (C=O) groups excluding carboxylic acids is 1. The van der Waals surface area contributed by atoms with Crippen molar-refractivity contribution in [2.24, 2.45) is 0 Å². The highest BCUT2D eigenvalue weighted by molar-refractivity contribution is 5.86. The van der Waals surface area contributed by atoms with Gasteiger partial charge < -0.3 is 24.8 Å². The quantitative estimate of drug-likeness (QED) is 0.195. The number of amides is 1. The van der Waals surface area contributed by atoms with Crippen molar-refractivity contribution in [3.05, 3.63) is 110 Å². The second-order valence-electron chi connectivity index (χ2n) is 14.5. The third kappa shape index (κ3) is 7.59. The molecule has 10 nitrogen and oxygen atoms in total. The number of alkyl halides is 4. The first-order valence-corrected chi connectivity index (χ1v) is 17.9. The predicted octanol–water partition coefficient (Wildman–Crippen LogP) is 6.49. The number of nitrogens with zero attached hydrogens (tertiary/aromatic N) is 3. The van der Waals surface area contributed by atoms with Crippen molar-refractivity contribution in [3.8, 4) is 22.6 Å². The molecule has 56 heavy (non-hydrogen) atoms. The van der Waals surface area contributed by atoms with E-state index in [1.165, 1.54) is 19.1 Å². The van der Waals surface area contributed by atoms with Crippen molar-refractivity contribution < 1.29 is 50.5 Å². The summed E-state index contributed by atoms with van der Waals surface area (Å²) in [5.74, 6) is -4.27. The van der Waals surface area contributed by atoms with Gasteiger partial charge >= 0.3 is 12.1 Å². The molecular formula is C40H38F6N4O6. The average Bonchev–Trinajstić information content (AvgIpc) is 3.08. The lowest BCUT2D eigenvalue weighted by Gasteiger charge is -2.40. The first kappa shape index (κ1) is 38.9. The Bertz CT molecular complexity index is 2270. The molecule has 2 atom stereocenters. The van der Waals surface area contributed by atoms with Crippen molar-refractivity contribution in [1.82, 2.24) is 14.8 Å². The van der Waals surface area contributed by atoms with Crippen molar-refractivity contribution in [1.29, 1.82) is 0 Å². The third-order valence-electron chi connectivity index (χ3n) is 10.6. The number of carboxylic acids is 1.